The summed E-state index contributed by atoms with van der Waals surface area (Å²) in [5, 5.41) is 10.2. The van der Waals surface area contributed by atoms with Crippen LogP contribution >= 0.6 is 0 Å². The molecule has 3 aliphatic heterocycles. The first kappa shape index (κ1) is 10.0. The largest absolute Gasteiger partial charge is 0.389 e. The zero-order valence-corrected chi connectivity index (χ0v) is 9.35. The van der Waals surface area contributed by atoms with E-state index in [0.29, 0.717) is 6.04 Å². The SMILES string of the molecule is CC1(C)O[C@@H]2[C@H](O)[C@@H]3CCCN3C[C@H]2O1. The van der Waals surface area contributed by atoms with E-state index in [4.69, 9.17) is 9.47 Å². The number of nitrogens with zero attached hydrogens (tertiary/aromatic N) is 1. The summed E-state index contributed by atoms with van der Waals surface area (Å²) in [4.78, 5) is 2.34. The molecule has 0 radical (unpaired) electrons. The molecule has 0 aromatic carbocycles. The third-order valence-electron chi connectivity index (χ3n) is 3.78. The second-order valence-electron chi connectivity index (χ2n) is 5.33. The molecule has 3 saturated heterocycles. The van der Waals surface area contributed by atoms with Gasteiger partial charge < -0.3 is 14.6 Å². The van der Waals surface area contributed by atoms with E-state index in [1.165, 1.54) is 6.42 Å². The lowest BCUT2D eigenvalue weighted by atomic mass is 9.94. The number of rotatable bonds is 0. The lowest BCUT2D eigenvalue weighted by molar-refractivity contribution is -0.154. The molecule has 4 atom stereocenters. The van der Waals surface area contributed by atoms with Crippen LogP contribution in [-0.2, 0) is 9.47 Å². The molecular weight excluding hydrogens is 194 g/mol. The highest BCUT2D eigenvalue weighted by molar-refractivity contribution is 5.01. The molecule has 0 bridgehead atoms. The van der Waals surface area contributed by atoms with Crippen molar-refractivity contribution in [2.45, 2.75) is 56.8 Å². The fourth-order valence-corrected chi connectivity index (χ4v) is 3.21. The van der Waals surface area contributed by atoms with Crippen molar-refractivity contribution in [3.8, 4) is 0 Å². The number of piperidine rings is 1. The highest BCUT2D eigenvalue weighted by Gasteiger charge is 2.52. The van der Waals surface area contributed by atoms with Crippen molar-refractivity contribution in [2.24, 2.45) is 0 Å². The number of ether oxygens (including phenoxy) is 2. The fraction of sp³-hybridized carbons (Fsp3) is 1.00. The van der Waals surface area contributed by atoms with E-state index in [-0.39, 0.29) is 18.3 Å². The highest BCUT2D eigenvalue weighted by Crippen LogP contribution is 2.38. The van der Waals surface area contributed by atoms with Gasteiger partial charge in [-0.3, -0.25) is 4.90 Å². The molecule has 1 N–H and O–H groups in total. The summed E-state index contributed by atoms with van der Waals surface area (Å²) in [6, 6.07) is 0.295. The van der Waals surface area contributed by atoms with Crippen molar-refractivity contribution in [3.05, 3.63) is 0 Å². The minimum atomic E-state index is -0.532. The molecule has 3 aliphatic rings. The van der Waals surface area contributed by atoms with Gasteiger partial charge in [0.1, 0.15) is 12.2 Å². The highest BCUT2D eigenvalue weighted by atomic mass is 16.8. The molecule has 0 unspecified atom stereocenters. The van der Waals surface area contributed by atoms with Crippen LogP contribution in [0.1, 0.15) is 26.7 Å². The normalized spacial score (nSPS) is 49.0. The van der Waals surface area contributed by atoms with Crippen molar-refractivity contribution >= 4 is 0 Å². The van der Waals surface area contributed by atoms with Crippen LogP contribution in [0.15, 0.2) is 0 Å². The summed E-state index contributed by atoms with van der Waals surface area (Å²) in [6.45, 7) is 5.84. The number of aliphatic hydroxyl groups is 1. The van der Waals surface area contributed by atoms with E-state index in [1.807, 2.05) is 13.8 Å². The van der Waals surface area contributed by atoms with Gasteiger partial charge in [0.25, 0.3) is 0 Å². The van der Waals surface area contributed by atoms with Crippen LogP contribution in [-0.4, -0.2) is 53.2 Å². The Labute approximate surface area is 90.2 Å². The summed E-state index contributed by atoms with van der Waals surface area (Å²) in [6.07, 6.45) is 1.82. The molecule has 15 heavy (non-hydrogen) atoms. The molecule has 0 aromatic rings. The first-order valence-corrected chi connectivity index (χ1v) is 5.85. The van der Waals surface area contributed by atoms with Crippen LogP contribution in [0.3, 0.4) is 0 Å². The maximum atomic E-state index is 10.2. The predicted molar refractivity (Wildman–Crippen MR) is 54.4 cm³/mol. The van der Waals surface area contributed by atoms with Crippen LogP contribution in [0.5, 0.6) is 0 Å². The molecule has 4 nitrogen and oxygen atoms in total. The number of hydrogen-bond acceptors (Lipinski definition) is 4. The molecule has 3 rings (SSSR count). The Balaban J connectivity index is 1.81. The number of fused-ring (bicyclic) bond motifs is 2. The average Bonchev–Trinajstić information content (AvgIpc) is 2.68. The molecule has 3 fully saturated rings. The van der Waals surface area contributed by atoms with Crippen molar-refractivity contribution in [1.29, 1.82) is 0 Å². The van der Waals surface area contributed by atoms with E-state index in [2.05, 4.69) is 4.90 Å². The van der Waals surface area contributed by atoms with Crippen LogP contribution in [0.4, 0.5) is 0 Å². The smallest absolute Gasteiger partial charge is 0.163 e. The number of aliphatic hydroxyl groups excluding tert-OH is 1. The van der Waals surface area contributed by atoms with Crippen LogP contribution in [0, 0.1) is 0 Å². The van der Waals surface area contributed by atoms with Crippen LogP contribution < -0.4 is 0 Å². The molecule has 0 aromatic heterocycles. The predicted octanol–water partition coefficient (Wildman–Crippen LogP) is 0.345. The van der Waals surface area contributed by atoms with Gasteiger partial charge in [-0.25, -0.2) is 0 Å². The third-order valence-corrected chi connectivity index (χ3v) is 3.78. The molecule has 0 saturated carbocycles. The van der Waals surface area contributed by atoms with Gasteiger partial charge in [-0.1, -0.05) is 0 Å². The van der Waals surface area contributed by atoms with Gasteiger partial charge in [0, 0.05) is 12.6 Å². The minimum absolute atomic E-state index is 0.0457. The maximum absolute atomic E-state index is 10.2. The first-order chi connectivity index (χ1) is 7.07. The van der Waals surface area contributed by atoms with Gasteiger partial charge in [-0.2, -0.15) is 0 Å². The molecule has 0 amide bonds. The Bertz CT molecular complexity index is 267. The second kappa shape index (κ2) is 3.17. The Kier molecular flexibility index (Phi) is 2.12. The average molecular weight is 213 g/mol. The van der Waals surface area contributed by atoms with E-state index in [1.54, 1.807) is 0 Å². The summed E-state index contributed by atoms with van der Waals surface area (Å²) in [5.74, 6) is -0.532. The zero-order chi connectivity index (χ0) is 10.6. The first-order valence-electron chi connectivity index (χ1n) is 5.85. The van der Waals surface area contributed by atoms with E-state index < -0.39 is 5.79 Å². The standard InChI is InChI=1S/C11H19NO3/c1-11(2)14-8-6-12-5-3-4-7(12)9(13)10(8)15-11/h7-10,13H,3-6H2,1-2H3/t7-,8+,9+,10-/m0/s1. The third kappa shape index (κ3) is 1.51. The Morgan fingerprint density at radius 2 is 2.13 bits per heavy atom. The summed E-state index contributed by atoms with van der Waals surface area (Å²) < 4.78 is 11.6. The molecule has 3 heterocycles. The lowest BCUT2D eigenvalue weighted by Crippen LogP contribution is -2.57. The van der Waals surface area contributed by atoms with Crippen molar-refractivity contribution < 1.29 is 14.6 Å². The van der Waals surface area contributed by atoms with E-state index >= 15 is 0 Å². The van der Waals surface area contributed by atoms with E-state index in [9.17, 15) is 5.11 Å². The molecule has 86 valence electrons. The van der Waals surface area contributed by atoms with Crippen LogP contribution in [0.2, 0.25) is 0 Å². The van der Waals surface area contributed by atoms with E-state index in [0.717, 1.165) is 19.5 Å². The van der Waals surface area contributed by atoms with Gasteiger partial charge in [-0.15, -0.1) is 0 Å². The Hall–Kier alpha value is -0.160. The van der Waals surface area contributed by atoms with Gasteiger partial charge in [0.15, 0.2) is 5.79 Å². The summed E-state index contributed by atoms with van der Waals surface area (Å²) >= 11 is 0. The molecule has 0 aliphatic carbocycles. The van der Waals surface area contributed by atoms with Gasteiger partial charge in [0.05, 0.1) is 6.10 Å². The second-order valence-corrected chi connectivity index (χ2v) is 5.33. The van der Waals surface area contributed by atoms with Crippen molar-refractivity contribution in [1.82, 2.24) is 4.90 Å². The minimum Gasteiger partial charge on any atom is -0.389 e. The topological polar surface area (TPSA) is 41.9 Å². The quantitative estimate of drug-likeness (QED) is 0.630. The van der Waals surface area contributed by atoms with Gasteiger partial charge >= 0.3 is 0 Å². The van der Waals surface area contributed by atoms with Gasteiger partial charge in [-0.05, 0) is 33.2 Å². The Morgan fingerprint density at radius 3 is 2.93 bits per heavy atom. The summed E-state index contributed by atoms with van der Waals surface area (Å²) in [5.41, 5.74) is 0. The molecular formula is C11H19NO3. The summed E-state index contributed by atoms with van der Waals surface area (Å²) in [7, 11) is 0. The number of hydrogen-bond donors (Lipinski definition) is 1. The Morgan fingerprint density at radius 1 is 1.33 bits per heavy atom. The molecule has 0 spiro atoms. The van der Waals surface area contributed by atoms with Crippen molar-refractivity contribution in [3.63, 3.8) is 0 Å². The van der Waals surface area contributed by atoms with Gasteiger partial charge in [0.2, 0.25) is 0 Å². The molecule has 4 heteroatoms. The van der Waals surface area contributed by atoms with Crippen LogP contribution in [0.25, 0.3) is 0 Å². The fourth-order valence-electron chi connectivity index (χ4n) is 3.21. The zero-order valence-electron chi connectivity index (χ0n) is 9.35. The maximum Gasteiger partial charge on any atom is 0.163 e. The monoisotopic (exact) mass is 213 g/mol. The lowest BCUT2D eigenvalue weighted by Gasteiger charge is -2.39. The van der Waals surface area contributed by atoms with Crippen molar-refractivity contribution in [2.75, 3.05) is 13.1 Å².